The van der Waals surface area contributed by atoms with Gasteiger partial charge in [0.2, 0.25) is 5.91 Å². The summed E-state index contributed by atoms with van der Waals surface area (Å²) in [5, 5.41) is 14.0. The summed E-state index contributed by atoms with van der Waals surface area (Å²) in [7, 11) is 0. The number of aliphatic hydroxyl groups excluding tert-OH is 1. The maximum atomic E-state index is 11.8. The number of fused-ring (bicyclic) bond motifs is 1. The van der Waals surface area contributed by atoms with Crippen molar-refractivity contribution in [3.8, 4) is 0 Å². The largest absolute Gasteiger partial charge is 0.395 e. The smallest absolute Gasteiger partial charge is 0.251 e. The topological polar surface area (TPSA) is 78.4 Å². The highest BCUT2D eigenvalue weighted by molar-refractivity contribution is 6.07. The lowest BCUT2D eigenvalue weighted by atomic mass is 9.85. The molecule has 0 spiro atoms. The number of aliphatic hydroxyl groups is 1. The second-order valence-electron chi connectivity index (χ2n) is 4.82. The first-order valence-electron chi connectivity index (χ1n) is 5.82. The summed E-state index contributed by atoms with van der Waals surface area (Å²) >= 11 is 0. The van der Waals surface area contributed by atoms with Crippen molar-refractivity contribution in [1.29, 1.82) is 0 Å². The average molecular weight is 248 g/mol. The summed E-state index contributed by atoms with van der Waals surface area (Å²) in [6.45, 7) is 3.77. The van der Waals surface area contributed by atoms with Crippen molar-refractivity contribution >= 4 is 17.5 Å². The minimum Gasteiger partial charge on any atom is -0.395 e. The van der Waals surface area contributed by atoms with Gasteiger partial charge in [0.05, 0.1) is 12.0 Å². The second-order valence-corrected chi connectivity index (χ2v) is 4.82. The Hall–Kier alpha value is -1.88. The van der Waals surface area contributed by atoms with E-state index in [1.807, 2.05) is 13.8 Å². The van der Waals surface area contributed by atoms with Crippen LogP contribution in [0, 0.1) is 0 Å². The molecule has 2 rings (SSSR count). The first kappa shape index (κ1) is 12.6. The molecule has 1 aliphatic heterocycles. The van der Waals surface area contributed by atoms with Crippen LogP contribution in [0.25, 0.3) is 0 Å². The molecule has 1 aromatic carbocycles. The molecule has 3 N–H and O–H groups in total. The van der Waals surface area contributed by atoms with Crippen LogP contribution in [-0.4, -0.2) is 30.1 Å². The van der Waals surface area contributed by atoms with Gasteiger partial charge in [0.25, 0.3) is 5.91 Å². The predicted octanol–water partition coefficient (Wildman–Crippen LogP) is 0.638. The molecule has 0 bridgehead atoms. The highest BCUT2D eigenvalue weighted by Crippen LogP contribution is 2.37. The minimum atomic E-state index is -0.622. The summed E-state index contributed by atoms with van der Waals surface area (Å²) in [5.74, 6) is -0.313. The molecule has 0 saturated carbocycles. The first-order valence-corrected chi connectivity index (χ1v) is 5.82. The Balaban J connectivity index is 2.31. The van der Waals surface area contributed by atoms with Gasteiger partial charge in [-0.05, 0) is 37.6 Å². The summed E-state index contributed by atoms with van der Waals surface area (Å²) in [5.41, 5.74) is 1.45. The van der Waals surface area contributed by atoms with Crippen LogP contribution in [-0.2, 0) is 10.2 Å². The zero-order valence-electron chi connectivity index (χ0n) is 10.4. The standard InChI is InChI=1S/C13H16N2O3/c1-13(2)9-7-8(11(17)14-5-6-16)3-4-10(9)15-12(13)18/h3-4,7,16H,5-6H2,1-2H3,(H,14,17)(H,15,18). The fraction of sp³-hybridized carbons (Fsp3) is 0.385. The second kappa shape index (κ2) is 4.42. The van der Waals surface area contributed by atoms with Crippen LogP contribution in [0.2, 0.25) is 0 Å². The van der Waals surface area contributed by atoms with E-state index in [1.165, 1.54) is 0 Å². The average Bonchev–Trinajstić information content (AvgIpc) is 2.57. The fourth-order valence-electron chi connectivity index (χ4n) is 1.98. The molecule has 5 nitrogen and oxygen atoms in total. The van der Waals surface area contributed by atoms with Crippen LogP contribution in [0.1, 0.15) is 29.8 Å². The zero-order chi connectivity index (χ0) is 13.3. The summed E-state index contributed by atoms with van der Waals surface area (Å²) in [6.07, 6.45) is 0. The third-order valence-corrected chi connectivity index (χ3v) is 3.17. The first-order chi connectivity index (χ1) is 8.46. The van der Waals surface area contributed by atoms with Gasteiger partial charge in [0.1, 0.15) is 0 Å². The Labute approximate surface area is 105 Å². The molecule has 0 atom stereocenters. The number of anilines is 1. The van der Waals surface area contributed by atoms with Gasteiger partial charge in [-0.25, -0.2) is 0 Å². The molecular weight excluding hydrogens is 232 g/mol. The van der Waals surface area contributed by atoms with Crippen molar-refractivity contribution in [1.82, 2.24) is 5.32 Å². The highest BCUT2D eigenvalue weighted by atomic mass is 16.3. The molecule has 0 radical (unpaired) electrons. The Kier molecular flexibility index (Phi) is 3.09. The van der Waals surface area contributed by atoms with Crippen LogP contribution < -0.4 is 10.6 Å². The lowest BCUT2D eigenvalue weighted by Crippen LogP contribution is -2.28. The number of hydrogen-bond acceptors (Lipinski definition) is 3. The van der Waals surface area contributed by atoms with Gasteiger partial charge in [-0.1, -0.05) is 0 Å². The maximum absolute atomic E-state index is 11.8. The van der Waals surface area contributed by atoms with Crippen molar-refractivity contribution in [2.24, 2.45) is 0 Å². The molecule has 0 aliphatic carbocycles. The van der Waals surface area contributed by atoms with Gasteiger partial charge < -0.3 is 15.7 Å². The van der Waals surface area contributed by atoms with Gasteiger partial charge >= 0.3 is 0 Å². The molecule has 1 aromatic rings. The number of carbonyl (C=O) groups excluding carboxylic acids is 2. The van der Waals surface area contributed by atoms with E-state index in [1.54, 1.807) is 18.2 Å². The summed E-state index contributed by atoms with van der Waals surface area (Å²) < 4.78 is 0. The molecule has 0 unspecified atom stereocenters. The quantitative estimate of drug-likeness (QED) is 0.734. The van der Waals surface area contributed by atoms with Crippen molar-refractivity contribution in [3.63, 3.8) is 0 Å². The third-order valence-electron chi connectivity index (χ3n) is 3.17. The maximum Gasteiger partial charge on any atom is 0.251 e. The van der Waals surface area contributed by atoms with Gasteiger partial charge in [-0.2, -0.15) is 0 Å². The van der Waals surface area contributed by atoms with Gasteiger partial charge in [0.15, 0.2) is 0 Å². The Bertz CT molecular complexity index is 509. The molecule has 5 heteroatoms. The number of hydrogen-bond donors (Lipinski definition) is 3. The highest BCUT2D eigenvalue weighted by Gasteiger charge is 2.38. The monoisotopic (exact) mass is 248 g/mol. The molecule has 1 heterocycles. The number of rotatable bonds is 3. The zero-order valence-corrected chi connectivity index (χ0v) is 10.4. The number of benzene rings is 1. The van der Waals surface area contributed by atoms with E-state index in [2.05, 4.69) is 10.6 Å². The van der Waals surface area contributed by atoms with Crippen LogP contribution in [0.4, 0.5) is 5.69 Å². The van der Waals surface area contributed by atoms with E-state index in [9.17, 15) is 9.59 Å². The molecule has 2 amide bonds. The lowest BCUT2D eigenvalue weighted by molar-refractivity contribution is -0.119. The summed E-state index contributed by atoms with van der Waals surface area (Å²) in [4.78, 5) is 23.5. The van der Waals surface area contributed by atoms with Crippen LogP contribution in [0.15, 0.2) is 18.2 Å². The van der Waals surface area contributed by atoms with E-state index >= 15 is 0 Å². The fourth-order valence-corrected chi connectivity index (χ4v) is 1.98. The summed E-state index contributed by atoms with van der Waals surface area (Å²) in [6, 6.07) is 5.11. The molecule has 0 saturated heterocycles. The van der Waals surface area contributed by atoms with Crippen molar-refractivity contribution in [2.75, 3.05) is 18.5 Å². The van der Waals surface area contributed by atoms with Gasteiger partial charge in [0, 0.05) is 17.8 Å². The van der Waals surface area contributed by atoms with Crippen molar-refractivity contribution in [3.05, 3.63) is 29.3 Å². The Morgan fingerprint density at radius 3 is 2.83 bits per heavy atom. The SMILES string of the molecule is CC1(C)C(=O)Nc2ccc(C(=O)NCCO)cc21. The molecule has 0 aromatic heterocycles. The number of nitrogens with one attached hydrogen (secondary N) is 2. The molecule has 1 aliphatic rings. The number of carbonyl (C=O) groups is 2. The minimum absolute atomic E-state index is 0.0644. The van der Waals surface area contributed by atoms with E-state index in [0.29, 0.717) is 5.56 Å². The van der Waals surface area contributed by atoms with E-state index in [-0.39, 0.29) is 25.0 Å². The lowest BCUT2D eigenvalue weighted by Gasteiger charge is -2.15. The molecule has 0 fully saturated rings. The Morgan fingerprint density at radius 1 is 1.44 bits per heavy atom. The predicted molar refractivity (Wildman–Crippen MR) is 67.5 cm³/mol. The van der Waals surface area contributed by atoms with Crippen molar-refractivity contribution in [2.45, 2.75) is 19.3 Å². The third kappa shape index (κ3) is 1.97. The van der Waals surface area contributed by atoms with E-state index in [0.717, 1.165) is 11.3 Å². The van der Waals surface area contributed by atoms with E-state index < -0.39 is 5.41 Å². The van der Waals surface area contributed by atoms with Crippen molar-refractivity contribution < 1.29 is 14.7 Å². The van der Waals surface area contributed by atoms with Crippen LogP contribution in [0.3, 0.4) is 0 Å². The normalized spacial score (nSPS) is 16.1. The van der Waals surface area contributed by atoms with E-state index in [4.69, 9.17) is 5.11 Å². The molecule has 18 heavy (non-hydrogen) atoms. The van der Waals surface area contributed by atoms with Gasteiger partial charge in [-0.15, -0.1) is 0 Å². The van der Waals surface area contributed by atoms with Crippen LogP contribution in [0.5, 0.6) is 0 Å². The van der Waals surface area contributed by atoms with Gasteiger partial charge in [-0.3, -0.25) is 9.59 Å². The van der Waals surface area contributed by atoms with Crippen LogP contribution >= 0.6 is 0 Å². The molecular formula is C13H16N2O3. The molecule has 96 valence electrons. The Morgan fingerprint density at radius 2 is 2.17 bits per heavy atom. The number of amides is 2.